The number of alkyl halides is 3. The van der Waals surface area contributed by atoms with Crippen LogP contribution in [0.3, 0.4) is 0 Å². The Labute approximate surface area is 157 Å². The van der Waals surface area contributed by atoms with Gasteiger partial charge in [0.1, 0.15) is 23.9 Å². The van der Waals surface area contributed by atoms with E-state index in [1.54, 1.807) is 0 Å². The molecule has 154 valence electrons. The average molecular weight is 406 g/mol. The van der Waals surface area contributed by atoms with Crippen molar-refractivity contribution in [3.8, 4) is 5.75 Å². The number of ether oxygens (including phenoxy) is 1. The first-order valence-electron chi connectivity index (χ1n) is 8.92. The molecule has 0 saturated carbocycles. The van der Waals surface area contributed by atoms with Crippen LogP contribution in [0.25, 0.3) is 0 Å². The number of rotatable bonds is 3. The van der Waals surface area contributed by atoms with Crippen LogP contribution in [0.15, 0.2) is 18.2 Å². The molecular formula is C18H19F5N2O3. The van der Waals surface area contributed by atoms with E-state index in [-0.39, 0.29) is 37.8 Å². The van der Waals surface area contributed by atoms with Crippen molar-refractivity contribution in [3.05, 3.63) is 29.8 Å². The lowest BCUT2D eigenvalue weighted by molar-refractivity contribution is -0.172. The second-order valence-electron chi connectivity index (χ2n) is 6.95. The monoisotopic (exact) mass is 406 g/mol. The van der Waals surface area contributed by atoms with Crippen molar-refractivity contribution in [2.75, 3.05) is 13.1 Å². The summed E-state index contributed by atoms with van der Waals surface area (Å²) in [6.07, 6.45) is -4.70. The first-order chi connectivity index (χ1) is 13.1. The van der Waals surface area contributed by atoms with Gasteiger partial charge >= 0.3 is 6.18 Å². The number of nitrogens with zero attached hydrogens (tertiary/aromatic N) is 1. The van der Waals surface area contributed by atoms with Crippen LogP contribution in [-0.2, 0) is 9.59 Å². The van der Waals surface area contributed by atoms with Gasteiger partial charge in [0.05, 0.1) is 0 Å². The van der Waals surface area contributed by atoms with Gasteiger partial charge < -0.3 is 15.0 Å². The molecule has 0 aromatic heterocycles. The molecule has 1 N–H and O–H groups in total. The highest BCUT2D eigenvalue weighted by atomic mass is 19.4. The van der Waals surface area contributed by atoms with Crippen molar-refractivity contribution in [3.63, 3.8) is 0 Å². The molecule has 2 unspecified atom stereocenters. The van der Waals surface area contributed by atoms with Gasteiger partial charge in [-0.1, -0.05) is 0 Å². The number of benzene rings is 1. The maximum Gasteiger partial charge on any atom is 0.408 e. The van der Waals surface area contributed by atoms with Crippen LogP contribution in [-0.4, -0.2) is 48.1 Å². The van der Waals surface area contributed by atoms with Crippen molar-refractivity contribution in [1.82, 2.24) is 10.2 Å². The van der Waals surface area contributed by atoms with Crippen molar-refractivity contribution < 1.29 is 36.3 Å². The summed E-state index contributed by atoms with van der Waals surface area (Å²) in [4.78, 5) is 25.9. The standard InChI is InChI=1S/C18H19F5N2O3/c19-10-1-3-14(13(20)9-10)28-11-5-7-25(8-6-11)17(27)12-2-4-15(18(21,22)23)24-16(12)26/h1,3,9,11-12,15H,2,4-8H2,(H,24,26). The molecule has 0 bridgehead atoms. The minimum Gasteiger partial charge on any atom is -0.487 e. The summed E-state index contributed by atoms with van der Waals surface area (Å²) >= 11 is 0. The molecule has 1 aromatic rings. The molecule has 3 rings (SSSR count). The zero-order valence-electron chi connectivity index (χ0n) is 14.8. The number of likely N-dealkylation sites (tertiary alicyclic amines) is 1. The van der Waals surface area contributed by atoms with Gasteiger partial charge in [-0.25, -0.2) is 8.78 Å². The Hall–Kier alpha value is -2.39. The molecule has 2 aliphatic rings. The number of amides is 2. The quantitative estimate of drug-likeness (QED) is 0.621. The van der Waals surface area contributed by atoms with E-state index in [2.05, 4.69) is 0 Å². The minimum atomic E-state index is -4.53. The van der Waals surface area contributed by atoms with Gasteiger partial charge in [0.15, 0.2) is 11.6 Å². The van der Waals surface area contributed by atoms with Crippen molar-refractivity contribution in [2.45, 2.75) is 44.0 Å². The molecule has 0 aliphatic carbocycles. The number of halogens is 5. The van der Waals surface area contributed by atoms with Crippen LogP contribution in [0.4, 0.5) is 22.0 Å². The second-order valence-corrected chi connectivity index (χ2v) is 6.95. The van der Waals surface area contributed by atoms with E-state index in [1.165, 1.54) is 11.0 Å². The van der Waals surface area contributed by atoms with E-state index in [0.29, 0.717) is 18.9 Å². The van der Waals surface area contributed by atoms with E-state index in [1.807, 2.05) is 5.32 Å². The highest BCUT2D eigenvalue weighted by Gasteiger charge is 2.46. The molecule has 0 spiro atoms. The smallest absolute Gasteiger partial charge is 0.408 e. The van der Waals surface area contributed by atoms with E-state index >= 15 is 0 Å². The Morgan fingerprint density at radius 1 is 1.11 bits per heavy atom. The lowest BCUT2D eigenvalue weighted by Crippen LogP contribution is -2.55. The molecular weight excluding hydrogens is 387 g/mol. The molecule has 2 amide bonds. The van der Waals surface area contributed by atoms with Gasteiger partial charge in [0, 0.05) is 32.0 Å². The SMILES string of the molecule is O=C1NC(C(F)(F)F)CCC1C(=O)N1CCC(Oc2ccc(F)cc2F)CC1. The third-order valence-corrected chi connectivity index (χ3v) is 5.01. The summed E-state index contributed by atoms with van der Waals surface area (Å²) < 4.78 is 70.2. The summed E-state index contributed by atoms with van der Waals surface area (Å²) in [6.45, 7) is 0.470. The van der Waals surface area contributed by atoms with Crippen LogP contribution in [0, 0.1) is 17.6 Å². The first-order valence-corrected chi connectivity index (χ1v) is 8.92. The Balaban J connectivity index is 1.52. The fourth-order valence-electron chi connectivity index (χ4n) is 3.45. The third-order valence-electron chi connectivity index (χ3n) is 5.01. The number of nitrogens with one attached hydrogen (secondary N) is 1. The van der Waals surface area contributed by atoms with E-state index in [4.69, 9.17) is 4.74 Å². The second kappa shape index (κ2) is 7.92. The Bertz CT molecular complexity index is 747. The van der Waals surface area contributed by atoms with Crippen LogP contribution in [0.1, 0.15) is 25.7 Å². The average Bonchev–Trinajstić information content (AvgIpc) is 2.63. The molecule has 2 aliphatic heterocycles. The minimum absolute atomic E-state index is 0.0870. The fourth-order valence-corrected chi connectivity index (χ4v) is 3.45. The molecule has 2 atom stereocenters. The number of hydrogen-bond acceptors (Lipinski definition) is 3. The van der Waals surface area contributed by atoms with Crippen molar-refractivity contribution in [2.24, 2.45) is 5.92 Å². The fraction of sp³-hybridized carbons (Fsp3) is 0.556. The highest BCUT2D eigenvalue weighted by molar-refractivity contribution is 6.00. The Morgan fingerprint density at radius 3 is 2.36 bits per heavy atom. The number of piperidine rings is 2. The highest BCUT2D eigenvalue weighted by Crippen LogP contribution is 2.30. The van der Waals surface area contributed by atoms with E-state index < -0.39 is 41.6 Å². The van der Waals surface area contributed by atoms with Gasteiger partial charge in [0.25, 0.3) is 0 Å². The lowest BCUT2D eigenvalue weighted by Gasteiger charge is -2.36. The third kappa shape index (κ3) is 4.53. The molecule has 1 aromatic carbocycles. The molecule has 10 heteroatoms. The summed E-state index contributed by atoms with van der Waals surface area (Å²) in [5.41, 5.74) is 0. The number of carbonyl (C=O) groups is 2. The topological polar surface area (TPSA) is 58.6 Å². The lowest BCUT2D eigenvalue weighted by atomic mass is 9.91. The van der Waals surface area contributed by atoms with Gasteiger partial charge in [-0.05, 0) is 25.0 Å². The zero-order chi connectivity index (χ0) is 20.5. The zero-order valence-corrected chi connectivity index (χ0v) is 14.8. The Kier molecular flexibility index (Phi) is 5.76. The summed E-state index contributed by atoms with van der Waals surface area (Å²) in [7, 11) is 0. The molecule has 2 saturated heterocycles. The molecule has 28 heavy (non-hydrogen) atoms. The van der Waals surface area contributed by atoms with Gasteiger partial charge in [-0.2, -0.15) is 13.2 Å². The maximum absolute atomic E-state index is 13.7. The summed E-state index contributed by atoms with van der Waals surface area (Å²) in [5, 5.41) is 1.87. The van der Waals surface area contributed by atoms with Gasteiger partial charge in [0.2, 0.25) is 11.8 Å². The molecule has 5 nitrogen and oxygen atoms in total. The van der Waals surface area contributed by atoms with E-state index in [9.17, 15) is 31.5 Å². The van der Waals surface area contributed by atoms with Crippen LogP contribution in [0.5, 0.6) is 5.75 Å². The summed E-state index contributed by atoms with van der Waals surface area (Å²) in [5.74, 6) is -4.18. The molecule has 2 fully saturated rings. The molecule has 2 heterocycles. The largest absolute Gasteiger partial charge is 0.487 e. The van der Waals surface area contributed by atoms with Gasteiger partial charge in [-0.15, -0.1) is 0 Å². The molecule has 0 radical (unpaired) electrons. The normalized spacial score (nSPS) is 24.0. The van der Waals surface area contributed by atoms with Crippen LogP contribution in [0.2, 0.25) is 0 Å². The summed E-state index contributed by atoms with van der Waals surface area (Å²) in [6, 6.07) is 1.05. The predicted molar refractivity (Wildman–Crippen MR) is 87.3 cm³/mol. The van der Waals surface area contributed by atoms with E-state index in [0.717, 1.165) is 6.07 Å². The van der Waals surface area contributed by atoms with Crippen LogP contribution < -0.4 is 10.1 Å². The Morgan fingerprint density at radius 2 is 1.79 bits per heavy atom. The number of hydrogen-bond donors (Lipinski definition) is 1. The predicted octanol–water partition coefficient (Wildman–Crippen LogP) is 2.79. The maximum atomic E-state index is 13.7. The number of carbonyl (C=O) groups excluding carboxylic acids is 2. The van der Waals surface area contributed by atoms with Crippen molar-refractivity contribution in [1.29, 1.82) is 0 Å². The van der Waals surface area contributed by atoms with Gasteiger partial charge in [-0.3, -0.25) is 9.59 Å². The van der Waals surface area contributed by atoms with Crippen molar-refractivity contribution >= 4 is 11.8 Å². The first kappa shape index (κ1) is 20.3. The van der Waals surface area contributed by atoms with Crippen LogP contribution >= 0.6 is 0 Å².